The lowest BCUT2D eigenvalue weighted by Crippen LogP contribution is -2.58. The molecule has 2 fully saturated rings. The van der Waals surface area contributed by atoms with Gasteiger partial charge in [-0.2, -0.15) is 0 Å². The van der Waals surface area contributed by atoms with Crippen molar-refractivity contribution in [3.63, 3.8) is 0 Å². The number of hydrogen-bond donors (Lipinski definition) is 1. The summed E-state index contributed by atoms with van der Waals surface area (Å²) >= 11 is 3.46. The van der Waals surface area contributed by atoms with Crippen LogP contribution in [0.5, 0.6) is 0 Å². The molecule has 2 atom stereocenters. The number of ether oxygens (including phenoxy) is 1. The van der Waals surface area contributed by atoms with E-state index >= 15 is 0 Å². The first kappa shape index (κ1) is 10.6. The average molecular weight is 283 g/mol. The molecule has 1 N–H and O–H groups in total. The normalized spacial score (nSPS) is 29.2. The minimum absolute atomic E-state index is 0.344. The van der Waals surface area contributed by atoms with E-state index in [1.165, 1.54) is 5.69 Å². The maximum absolute atomic E-state index is 5.88. The second-order valence-electron chi connectivity index (χ2n) is 4.42. The number of nitrogens with one attached hydrogen (secondary N) is 1. The first-order valence-corrected chi connectivity index (χ1v) is 6.47. The minimum atomic E-state index is 0.344. The fourth-order valence-electron chi connectivity index (χ4n) is 2.42. The van der Waals surface area contributed by atoms with E-state index in [-0.39, 0.29) is 0 Å². The molecule has 16 heavy (non-hydrogen) atoms. The van der Waals surface area contributed by atoms with Crippen molar-refractivity contribution in [1.29, 1.82) is 0 Å². The third-order valence-electron chi connectivity index (χ3n) is 3.17. The first-order chi connectivity index (χ1) is 7.81. The molecule has 4 heteroatoms. The Balaban J connectivity index is 1.77. The number of rotatable bonds is 1. The largest absolute Gasteiger partial charge is 0.369 e. The van der Waals surface area contributed by atoms with E-state index < -0.39 is 0 Å². The molecule has 1 aromatic rings. The summed E-state index contributed by atoms with van der Waals surface area (Å²) in [5.74, 6) is 0. The van der Waals surface area contributed by atoms with Crippen LogP contribution in [0.3, 0.4) is 0 Å². The number of halogens is 1. The SMILES string of the molecule is Brc1ccc(N2CC3CNCC(C2)O3)cc1. The topological polar surface area (TPSA) is 24.5 Å². The highest BCUT2D eigenvalue weighted by molar-refractivity contribution is 9.10. The van der Waals surface area contributed by atoms with Crippen LogP contribution in [-0.4, -0.2) is 38.4 Å². The van der Waals surface area contributed by atoms with Crippen LogP contribution in [0.2, 0.25) is 0 Å². The number of anilines is 1. The van der Waals surface area contributed by atoms with Gasteiger partial charge in [-0.25, -0.2) is 0 Å². The van der Waals surface area contributed by atoms with Crippen LogP contribution in [-0.2, 0) is 4.74 Å². The maximum Gasteiger partial charge on any atom is 0.0879 e. The van der Waals surface area contributed by atoms with Crippen molar-refractivity contribution in [2.24, 2.45) is 0 Å². The molecular weight excluding hydrogens is 268 g/mol. The molecule has 2 aliphatic rings. The first-order valence-electron chi connectivity index (χ1n) is 5.68. The lowest BCUT2D eigenvalue weighted by Gasteiger charge is -2.42. The Labute approximate surface area is 104 Å². The zero-order valence-electron chi connectivity index (χ0n) is 9.03. The highest BCUT2D eigenvalue weighted by atomic mass is 79.9. The maximum atomic E-state index is 5.88. The van der Waals surface area contributed by atoms with E-state index in [1.807, 2.05) is 0 Å². The molecule has 0 amide bonds. The van der Waals surface area contributed by atoms with Gasteiger partial charge in [-0.1, -0.05) is 15.9 Å². The van der Waals surface area contributed by atoms with Gasteiger partial charge in [0.1, 0.15) is 0 Å². The summed E-state index contributed by atoms with van der Waals surface area (Å²) in [5.41, 5.74) is 1.29. The smallest absolute Gasteiger partial charge is 0.0879 e. The molecule has 3 rings (SSSR count). The van der Waals surface area contributed by atoms with E-state index in [9.17, 15) is 0 Å². The minimum Gasteiger partial charge on any atom is -0.369 e. The monoisotopic (exact) mass is 282 g/mol. The van der Waals surface area contributed by atoms with Crippen LogP contribution in [0.4, 0.5) is 5.69 Å². The Morgan fingerprint density at radius 1 is 1.12 bits per heavy atom. The summed E-state index contributed by atoms with van der Waals surface area (Å²) in [4.78, 5) is 2.42. The van der Waals surface area contributed by atoms with Crippen molar-refractivity contribution in [3.8, 4) is 0 Å². The van der Waals surface area contributed by atoms with Gasteiger partial charge < -0.3 is 15.0 Å². The van der Waals surface area contributed by atoms with E-state index in [4.69, 9.17) is 4.74 Å². The van der Waals surface area contributed by atoms with Crippen molar-refractivity contribution in [3.05, 3.63) is 28.7 Å². The van der Waals surface area contributed by atoms with Crippen LogP contribution < -0.4 is 10.2 Å². The second-order valence-corrected chi connectivity index (χ2v) is 5.34. The van der Waals surface area contributed by atoms with E-state index in [0.29, 0.717) is 12.2 Å². The van der Waals surface area contributed by atoms with Gasteiger partial charge in [0.05, 0.1) is 12.2 Å². The molecule has 86 valence electrons. The van der Waals surface area contributed by atoms with Crippen molar-refractivity contribution in [2.45, 2.75) is 12.2 Å². The Morgan fingerprint density at radius 2 is 1.75 bits per heavy atom. The average Bonchev–Trinajstić information content (AvgIpc) is 2.29. The molecular formula is C12H15BrN2O. The zero-order valence-corrected chi connectivity index (χ0v) is 10.6. The van der Waals surface area contributed by atoms with Gasteiger partial charge in [0.25, 0.3) is 0 Å². The molecule has 3 nitrogen and oxygen atoms in total. The van der Waals surface area contributed by atoms with Gasteiger partial charge >= 0.3 is 0 Å². The Morgan fingerprint density at radius 3 is 2.38 bits per heavy atom. The summed E-state index contributed by atoms with van der Waals surface area (Å²) in [5, 5.41) is 3.41. The number of nitrogens with zero attached hydrogens (tertiary/aromatic N) is 1. The van der Waals surface area contributed by atoms with Gasteiger partial charge in [-0.15, -0.1) is 0 Å². The lowest BCUT2D eigenvalue weighted by atomic mass is 10.1. The third kappa shape index (κ3) is 2.10. The highest BCUT2D eigenvalue weighted by Gasteiger charge is 2.30. The van der Waals surface area contributed by atoms with Crippen LogP contribution in [0.1, 0.15) is 0 Å². The second kappa shape index (κ2) is 4.35. The zero-order chi connectivity index (χ0) is 11.0. The van der Waals surface area contributed by atoms with Gasteiger partial charge in [-0.05, 0) is 24.3 Å². The molecule has 2 bridgehead atoms. The van der Waals surface area contributed by atoms with Gasteiger partial charge in [0.2, 0.25) is 0 Å². The predicted molar refractivity (Wildman–Crippen MR) is 67.9 cm³/mol. The molecule has 0 spiro atoms. The van der Waals surface area contributed by atoms with Gasteiger partial charge in [0.15, 0.2) is 0 Å². The summed E-state index contributed by atoms with van der Waals surface area (Å²) < 4.78 is 7.02. The number of hydrogen-bond acceptors (Lipinski definition) is 3. The number of morpholine rings is 2. The number of fused-ring (bicyclic) bond motifs is 2. The number of benzene rings is 1. The predicted octanol–water partition coefficient (Wildman–Crippen LogP) is 1.63. The standard InChI is InChI=1S/C12H15BrN2O/c13-9-1-3-10(4-2-9)15-7-11-5-14-6-12(8-15)16-11/h1-4,11-12,14H,5-8H2. The van der Waals surface area contributed by atoms with Gasteiger partial charge in [-0.3, -0.25) is 0 Å². The highest BCUT2D eigenvalue weighted by Crippen LogP contribution is 2.23. The summed E-state index contributed by atoms with van der Waals surface area (Å²) in [6, 6.07) is 8.52. The Bertz CT molecular complexity index is 356. The third-order valence-corrected chi connectivity index (χ3v) is 3.70. The molecule has 0 aliphatic carbocycles. The molecule has 2 heterocycles. The molecule has 2 aliphatic heterocycles. The molecule has 2 unspecified atom stereocenters. The van der Waals surface area contributed by atoms with Crippen LogP contribution in [0, 0.1) is 0 Å². The Hall–Kier alpha value is -0.580. The molecule has 1 aromatic carbocycles. The Kier molecular flexibility index (Phi) is 2.88. The van der Waals surface area contributed by atoms with Gasteiger partial charge in [0, 0.05) is 36.3 Å². The van der Waals surface area contributed by atoms with E-state index in [0.717, 1.165) is 30.7 Å². The molecule has 0 radical (unpaired) electrons. The lowest BCUT2D eigenvalue weighted by molar-refractivity contribution is -0.0483. The van der Waals surface area contributed by atoms with E-state index in [1.54, 1.807) is 0 Å². The fraction of sp³-hybridized carbons (Fsp3) is 0.500. The van der Waals surface area contributed by atoms with Crippen LogP contribution in [0.15, 0.2) is 28.7 Å². The van der Waals surface area contributed by atoms with E-state index in [2.05, 4.69) is 50.4 Å². The van der Waals surface area contributed by atoms with Crippen molar-refractivity contribution in [1.82, 2.24) is 5.32 Å². The molecule has 0 aromatic heterocycles. The molecule has 2 saturated heterocycles. The fourth-order valence-corrected chi connectivity index (χ4v) is 2.68. The quantitative estimate of drug-likeness (QED) is 0.847. The van der Waals surface area contributed by atoms with Crippen molar-refractivity contribution in [2.75, 3.05) is 31.1 Å². The summed E-state index contributed by atoms with van der Waals surface area (Å²) in [6.07, 6.45) is 0.687. The van der Waals surface area contributed by atoms with Crippen LogP contribution in [0.25, 0.3) is 0 Å². The molecule has 0 saturated carbocycles. The van der Waals surface area contributed by atoms with Crippen molar-refractivity contribution >= 4 is 21.6 Å². The van der Waals surface area contributed by atoms with Crippen molar-refractivity contribution < 1.29 is 4.74 Å². The van der Waals surface area contributed by atoms with Crippen LogP contribution >= 0.6 is 15.9 Å². The summed E-state index contributed by atoms with van der Waals surface area (Å²) in [7, 11) is 0. The summed E-state index contributed by atoms with van der Waals surface area (Å²) in [6.45, 7) is 3.93.